The van der Waals surface area contributed by atoms with Gasteiger partial charge in [0.15, 0.2) is 5.82 Å². The lowest BCUT2D eigenvalue weighted by Crippen LogP contribution is -2.53. The molecule has 2 unspecified atom stereocenters. The first-order chi connectivity index (χ1) is 18.5. The number of nitrogens with zero attached hydrogens (tertiary/aromatic N) is 5. The Balaban J connectivity index is 1.33. The molecule has 1 amide bonds. The molecule has 39 heavy (non-hydrogen) atoms. The molecule has 1 saturated carbocycles. The van der Waals surface area contributed by atoms with Crippen molar-refractivity contribution in [2.75, 3.05) is 7.05 Å². The minimum absolute atomic E-state index is 0.00449. The van der Waals surface area contributed by atoms with Gasteiger partial charge in [-0.05, 0) is 43.2 Å². The zero-order valence-corrected chi connectivity index (χ0v) is 21.2. The maximum absolute atomic E-state index is 13.3. The van der Waals surface area contributed by atoms with Crippen molar-refractivity contribution in [2.24, 2.45) is 0 Å². The molecule has 0 spiro atoms. The molecule has 2 aliphatic carbocycles. The lowest BCUT2D eigenvalue weighted by molar-refractivity contribution is -0.180. The summed E-state index contributed by atoms with van der Waals surface area (Å²) in [5, 5.41) is 25.6. The first-order valence-corrected chi connectivity index (χ1v) is 12.7. The number of amides is 1. The highest BCUT2D eigenvalue weighted by Gasteiger charge is 2.53. The molecule has 2 atom stereocenters. The summed E-state index contributed by atoms with van der Waals surface area (Å²) in [6.45, 7) is -1.35. The number of carbonyl (C=O) groups excluding carboxylic acids is 1. The average molecular weight is 534 g/mol. The van der Waals surface area contributed by atoms with Crippen molar-refractivity contribution in [3.05, 3.63) is 77.1 Å². The van der Waals surface area contributed by atoms with E-state index in [0.717, 1.165) is 27.9 Å². The summed E-state index contributed by atoms with van der Waals surface area (Å²) in [6.07, 6.45) is 5.93. The van der Waals surface area contributed by atoms with Crippen LogP contribution in [0.15, 0.2) is 48.9 Å². The van der Waals surface area contributed by atoms with E-state index >= 15 is 0 Å². The minimum Gasteiger partial charge on any atom is -0.434 e. The third kappa shape index (κ3) is 3.56. The molecule has 4 aromatic rings. The number of benzene rings is 1. The molecule has 3 aliphatic rings. The minimum atomic E-state index is -3.02. The van der Waals surface area contributed by atoms with Crippen molar-refractivity contribution in [3.63, 3.8) is 0 Å². The Bertz CT molecular complexity index is 1640. The molecule has 9 nitrogen and oxygen atoms in total. The number of hydrogen-bond acceptors (Lipinski definition) is 7. The summed E-state index contributed by atoms with van der Waals surface area (Å²) in [4.78, 5) is 23.7. The Morgan fingerprint density at radius 2 is 1.85 bits per heavy atom. The van der Waals surface area contributed by atoms with Crippen LogP contribution in [0.4, 0.5) is 8.78 Å². The van der Waals surface area contributed by atoms with Gasteiger partial charge in [0.2, 0.25) is 0 Å². The van der Waals surface area contributed by atoms with E-state index in [0.29, 0.717) is 17.5 Å². The van der Waals surface area contributed by atoms with Crippen LogP contribution >= 0.6 is 0 Å². The van der Waals surface area contributed by atoms with E-state index in [1.807, 2.05) is 18.3 Å². The molecule has 1 fully saturated rings. The highest BCUT2D eigenvalue weighted by molar-refractivity contribution is 5.98. The summed E-state index contributed by atoms with van der Waals surface area (Å²) in [7, 11) is 1.71. The molecular formula is C28H25F2N5O4. The van der Waals surface area contributed by atoms with Crippen molar-refractivity contribution in [3.8, 4) is 16.9 Å². The predicted octanol–water partition coefficient (Wildman–Crippen LogP) is 3.79. The van der Waals surface area contributed by atoms with Gasteiger partial charge in [0.25, 0.3) is 5.91 Å². The quantitative estimate of drug-likeness (QED) is 0.411. The zero-order chi connectivity index (χ0) is 27.3. The molecule has 1 aliphatic heterocycles. The Morgan fingerprint density at radius 1 is 1.10 bits per heavy atom. The van der Waals surface area contributed by atoms with Gasteiger partial charge in [-0.1, -0.05) is 6.07 Å². The van der Waals surface area contributed by atoms with Crippen LogP contribution in [0, 0.1) is 0 Å². The standard InChI is InChI=1S/C28H25F2N5O4/c1-27(37)12-28(38,13-27)25-31-10-15(11-32-25)14-6-7-35-18(8-14)22-17-9-19(23(22)33-35)34(2)24(36)16-4-3-5-20(21(16)17)39-26(29)30/h3-8,10-11,17,19,26,37-38H,9,12-13H2,1-2H3. The van der Waals surface area contributed by atoms with Crippen molar-refractivity contribution in [2.45, 2.75) is 56.0 Å². The maximum Gasteiger partial charge on any atom is 0.387 e. The molecule has 2 N–H and O–H groups in total. The number of aromatic nitrogens is 4. The summed E-state index contributed by atoms with van der Waals surface area (Å²) in [5.41, 5.74) is 2.54. The Kier molecular flexibility index (Phi) is 4.96. The van der Waals surface area contributed by atoms with E-state index in [4.69, 9.17) is 9.84 Å². The fraction of sp³-hybridized carbons (Fsp3) is 0.357. The Hall–Kier alpha value is -3.96. The number of aliphatic hydroxyl groups is 2. The van der Waals surface area contributed by atoms with E-state index in [1.165, 1.54) is 6.07 Å². The van der Waals surface area contributed by atoms with Crippen LogP contribution in [-0.4, -0.2) is 59.9 Å². The predicted molar refractivity (Wildman–Crippen MR) is 134 cm³/mol. The molecule has 200 valence electrons. The average Bonchev–Trinajstić information content (AvgIpc) is 3.40. The number of pyridine rings is 1. The van der Waals surface area contributed by atoms with Crippen LogP contribution in [0.2, 0.25) is 0 Å². The lowest BCUT2D eigenvalue weighted by Gasteiger charge is -2.46. The van der Waals surface area contributed by atoms with Gasteiger partial charge in [0.05, 0.1) is 22.9 Å². The fourth-order valence-corrected chi connectivity index (χ4v) is 6.63. The van der Waals surface area contributed by atoms with Crippen LogP contribution in [-0.2, 0) is 5.60 Å². The number of fused-ring (bicyclic) bond motifs is 9. The second-order valence-electron chi connectivity index (χ2n) is 11.0. The number of hydrogen-bond donors (Lipinski definition) is 2. The highest BCUT2D eigenvalue weighted by Crippen LogP contribution is 2.53. The zero-order valence-electron chi connectivity index (χ0n) is 21.2. The number of rotatable bonds is 4. The number of ether oxygens (including phenoxy) is 1. The van der Waals surface area contributed by atoms with E-state index in [1.54, 1.807) is 47.9 Å². The van der Waals surface area contributed by atoms with E-state index in [2.05, 4.69) is 9.97 Å². The summed E-state index contributed by atoms with van der Waals surface area (Å²) >= 11 is 0. The first-order valence-electron chi connectivity index (χ1n) is 12.7. The van der Waals surface area contributed by atoms with Crippen LogP contribution in [0.25, 0.3) is 16.6 Å². The molecule has 4 heterocycles. The van der Waals surface area contributed by atoms with Gasteiger partial charge in [0, 0.05) is 66.7 Å². The maximum atomic E-state index is 13.3. The van der Waals surface area contributed by atoms with Crippen molar-refractivity contribution in [1.29, 1.82) is 0 Å². The summed E-state index contributed by atoms with van der Waals surface area (Å²) < 4.78 is 33.3. The number of alkyl halides is 2. The van der Waals surface area contributed by atoms with Gasteiger partial charge in [-0.15, -0.1) is 0 Å². The topological polar surface area (TPSA) is 113 Å². The van der Waals surface area contributed by atoms with Crippen molar-refractivity contribution >= 4 is 11.4 Å². The molecule has 1 aromatic carbocycles. The van der Waals surface area contributed by atoms with Gasteiger partial charge in [-0.3, -0.25) is 4.79 Å². The second kappa shape index (κ2) is 8.03. The van der Waals surface area contributed by atoms with E-state index in [-0.39, 0.29) is 42.3 Å². The molecule has 0 radical (unpaired) electrons. The van der Waals surface area contributed by atoms with Crippen LogP contribution in [0.5, 0.6) is 5.75 Å². The normalized spacial score (nSPS) is 27.4. The summed E-state index contributed by atoms with van der Waals surface area (Å²) in [6, 6.07) is 8.19. The van der Waals surface area contributed by atoms with Crippen LogP contribution in [0.1, 0.15) is 71.1 Å². The molecule has 3 aromatic heterocycles. The van der Waals surface area contributed by atoms with Crippen LogP contribution < -0.4 is 4.74 Å². The molecule has 0 saturated heterocycles. The largest absolute Gasteiger partial charge is 0.434 e. The number of halogens is 2. The molecule has 11 heteroatoms. The van der Waals surface area contributed by atoms with E-state index in [9.17, 15) is 23.8 Å². The van der Waals surface area contributed by atoms with Gasteiger partial charge in [0.1, 0.15) is 11.4 Å². The lowest BCUT2D eigenvalue weighted by atomic mass is 9.68. The third-order valence-corrected chi connectivity index (χ3v) is 8.22. The van der Waals surface area contributed by atoms with Crippen molar-refractivity contribution in [1.82, 2.24) is 24.5 Å². The molecule has 7 rings (SSSR count). The molecule has 2 bridgehead atoms. The monoisotopic (exact) mass is 533 g/mol. The van der Waals surface area contributed by atoms with Gasteiger partial charge < -0.3 is 19.8 Å². The first kappa shape index (κ1) is 24.1. The van der Waals surface area contributed by atoms with Crippen molar-refractivity contribution < 1.29 is 28.5 Å². The van der Waals surface area contributed by atoms with Gasteiger partial charge >= 0.3 is 6.61 Å². The van der Waals surface area contributed by atoms with Gasteiger partial charge in [-0.25, -0.2) is 14.5 Å². The van der Waals surface area contributed by atoms with Gasteiger partial charge in [-0.2, -0.15) is 13.9 Å². The third-order valence-electron chi connectivity index (χ3n) is 8.22. The molecular weight excluding hydrogens is 508 g/mol. The Labute approximate surface area is 221 Å². The Morgan fingerprint density at radius 3 is 2.54 bits per heavy atom. The highest BCUT2D eigenvalue weighted by atomic mass is 19.3. The SMILES string of the molecule is CN1C(=O)c2cccc(OC(F)F)c2C2CC1c1nn3ccc(-c4cnc(C5(O)CC(C)(O)C5)nc4)cc3c12. The second-order valence-corrected chi connectivity index (χ2v) is 11.0. The smallest absolute Gasteiger partial charge is 0.387 e. The van der Waals surface area contributed by atoms with Crippen LogP contribution in [0.3, 0.4) is 0 Å². The fourth-order valence-electron chi connectivity index (χ4n) is 6.63. The van der Waals surface area contributed by atoms with E-state index < -0.39 is 17.8 Å². The summed E-state index contributed by atoms with van der Waals surface area (Å²) in [5.74, 6) is -0.358. The number of carbonyl (C=O) groups is 1.